The lowest BCUT2D eigenvalue weighted by molar-refractivity contribution is -0.384. The van der Waals surface area contributed by atoms with Crippen LogP contribution in [0.2, 0.25) is 0 Å². The number of carbonyl (C=O) groups excluding carboxylic acids is 2. The number of hydrogen-bond acceptors (Lipinski definition) is 5. The Morgan fingerprint density at radius 1 is 1.20 bits per heavy atom. The Kier molecular flexibility index (Phi) is 7.98. The van der Waals surface area contributed by atoms with E-state index >= 15 is 0 Å². The molecule has 3 rings (SSSR count). The number of nitrogens with one attached hydrogen (secondary N) is 1. The summed E-state index contributed by atoms with van der Waals surface area (Å²) >= 11 is 0. The molecule has 2 aromatic rings. The quantitative estimate of drug-likeness (QED) is 0.322. The van der Waals surface area contributed by atoms with Crippen molar-refractivity contribution in [2.45, 2.75) is 19.4 Å². The molecule has 0 aliphatic carbocycles. The molecule has 0 saturated heterocycles. The van der Waals surface area contributed by atoms with Crippen molar-refractivity contribution in [3.8, 4) is 0 Å². The summed E-state index contributed by atoms with van der Waals surface area (Å²) in [5, 5.41) is 23.6. The van der Waals surface area contributed by atoms with E-state index < -0.39 is 23.0 Å². The lowest BCUT2D eigenvalue weighted by atomic mass is 9.93. The van der Waals surface area contributed by atoms with Gasteiger partial charge in [-0.05, 0) is 30.5 Å². The fourth-order valence-electron chi connectivity index (χ4n) is 3.89. The van der Waals surface area contributed by atoms with Crippen LogP contribution in [-0.2, 0) is 9.59 Å². The van der Waals surface area contributed by atoms with E-state index in [9.17, 15) is 29.6 Å². The van der Waals surface area contributed by atoms with Crippen LogP contribution in [0.5, 0.6) is 0 Å². The first kappa shape index (κ1) is 25.2. The molecule has 0 bridgehead atoms. The number of benzene rings is 2. The number of urea groups is 1. The third kappa shape index (κ3) is 6.11. The first-order valence-corrected chi connectivity index (χ1v) is 10.9. The van der Waals surface area contributed by atoms with E-state index in [4.69, 9.17) is 0 Å². The molecule has 1 aliphatic heterocycles. The summed E-state index contributed by atoms with van der Waals surface area (Å²) in [5.74, 6) is -1.45. The molecule has 3 amide bonds. The number of carboxylic acids is 1. The maximum atomic E-state index is 12.8. The van der Waals surface area contributed by atoms with Gasteiger partial charge in [0.15, 0.2) is 0 Å². The van der Waals surface area contributed by atoms with Crippen molar-refractivity contribution in [2.24, 2.45) is 0 Å². The van der Waals surface area contributed by atoms with Crippen molar-refractivity contribution < 1.29 is 24.4 Å². The van der Waals surface area contributed by atoms with Gasteiger partial charge in [-0.1, -0.05) is 42.5 Å². The number of non-ortho nitro benzene ring substituents is 1. The van der Waals surface area contributed by atoms with E-state index in [-0.39, 0.29) is 29.4 Å². The van der Waals surface area contributed by atoms with Gasteiger partial charge in [0.1, 0.15) is 0 Å². The zero-order valence-electron chi connectivity index (χ0n) is 19.4. The standard InChI is InChI=1S/C25H26N4O6/c1-17-22(24(31)32)23(19-10-6-11-20(16-19)29(34)35)28(25(33)26-17)15-7-14-27(2)21(30)13-12-18-8-4-3-5-9-18/h3-6,8-13,16,23H,7,14-15H2,1-2H3,(H,26,33)(H,31,32). The van der Waals surface area contributed by atoms with Gasteiger partial charge in [-0.3, -0.25) is 14.9 Å². The van der Waals surface area contributed by atoms with E-state index in [0.29, 0.717) is 18.5 Å². The average Bonchev–Trinajstić information content (AvgIpc) is 2.83. The molecular weight excluding hydrogens is 452 g/mol. The molecule has 0 radical (unpaired) electrons. The van der Waals surface area contributed by atoms with Gasteiger partial charge in [-0.25, -0.2) is 9.59 Å². The van der Waals surface area contributed by atoms with Gasteiger partial charge in [0.2, 0.25) is 5.91 Å². The minimum Gasteiger partial charge on any atom is -0.478 e. The highest BCUT2D eigenvalue weighted by Crippen LogP contribution is 2.35. The summed E-state index contributed by atoms with van der Waals surface area (Å²) in [7, 11) is 1.64. The van der Waals surface area contributed by atoms with Crippen molar-refractivity contribution in [1.82, 2.24) is 15.1 Å². The van der Waals surface area contributed by atoms with Crippen molar-refractivity contribution in [2.75, 3.05) is 20.1 Å². The molecule has 0 saturated carbocycles. The third-order valence-corrected chi connectivity index (χ3v) is 5.66. The Balaban J connectivity index is 1.76. The summed E-state index contributed by atoms with van der Waals surface area (Å²) in [5.41, 5.74) is 1.11. The van der Waals surface area contributed by atoms with Crippen LogP contribution in [0.3, 0.4) is 0 Å². The number of likely N-dealkylation sites (N-methyl/N-ethyl adjacent to an activating group) is 1. The largest absolute Gasteiger partial charge is 0.478 e. The molecule has 182 valence electrons. The fourth-order valence-corrected chi connectivity index (χ4v) is 3.89. The first-order valence-electron chi connectivity index (χ1n) is 10.9. The summed E-state index contributed by atoms with van der Waals surface area (Å²) in [6, 6.07) is 13.4. The normalized spacial score (nSPS) is 15.8. The van der Waals surface area contributed by atoms with Crippen LogP contribution in [0.1, 0.15) is 30.5 Å². The van der Waals surface area contributed by atoms with Crippen LogP contribution in [-0.4, -0.2) is 57.9 Å². The first-order chi connectivity index (χ1) is 16.7. The molecule has 1 heterocycles. The number of allylic oxidation sites excluding steroid dienone is 1. The molecule has 10 nitrogen and oxygen atoms in total. The number of carboxylic acid groups (broad SMARTS) is 1. The van der Waals surface area contributed by atoms with Crippen molar-refractivity contribution >= 4 is 29.7 Å². The molecule has 1 aliphatic rings. The van der Waals surface area contributed by atoms with E-state index in [1.807, 2.05) is 30.3 Å². The van der Waals surface area contributed by atoms with Gasteiger partial charge in [0.25, 0.3) is 5.69 Å². The Hall–Kier alpha value is -4.47. The fraction of sp³-hybridized carbons (Fsp3) is 0.240. The van der Waals surface area contributed by atoms with Crippen LogP contribution in [0, 0.1) is 10.1 Å². The number of carbonyl (C=O) groups is 3. The molecule has 35 heavy (non-hydrogen) atoms. The van der Waals surface area contributed by atoms with E-state index in [1.54, 1.807) is 19.2 Å². The Morgan fingerprint density at radius 3 is 2.57 bits per heavy atom. The minimum absolute atomic E-state index is 0.0691. The highest BCUT2D eigenvalue weighted by Gasteiger charge is 2.38. The van der Waals surface area contributed by atoms with Crippen molar-refractivity contribution in [1.29, 1.82) is 0 Å². The molecule has 1 unspecified atom stereocenters. The Morgan fingerprint density at radius 2 is 1.91 bits per heavy atom. The second-order valence-electron chi connectivity index (χ2n) is 8.08. The average molecular weight is 479 g/mol. The van der Waals surface area contributed by atoms with Crippen LogP contribution in [0.15, 0.2) is 71.9 Å². The molecule has 1 atom stereocenters. The second kappa shape index (κ2) is 11.1. The van der Waals surface area contributed by atoms with Gasteiger partial charge in [-0.15, -0.1) is 0 Å². The van der Waals surface area contributed by atoms with Crippen LogP contribution >= 0.6 is 0 Å². The molecule has 2 N–H and O–H groups in total. The van der Waals surface area contributed by atoms with E-state index in [0.717, 1.165) is 5.56 Å². The van der Waals surface area contributed by atoms with E-state index in [1.165, 1.54) is 41.0 Å². The van der Waals surface area contributed by atoms with Gasteiger partial charge in [0, 0.05) is 44.0 Å². The minimum atomic E-state index is -1.23. The lowest BCUT2D eigenvalue weighted by Gasteiger charge is -2.37. The van der Waals surface area contributed by atoms with Gasteiger partial charge >= 0.3 is 12.0 Å². The van der Waals surface area contributed by atoms with Gasteiger partial charge in [-0.2, -0.15) is 0 Å². The maximum Gasteiger partial charge on any atom is 0.335 e. The smallest absolute Gasteiger partial charge is 0.335 e. The molecule has 0 spiro atoms. The third-order valence-electron chi connectivity index (χ3n) is 5.66. The predicted molar refractivity (Wildman–Crippen MR) is 129 cm³/mol. The number of amides is 3. The second-order valence-corrected chi connectivity index (χ2v) is 8.08. The molecule has 0 fully saturated rings. The molecule has 10 heteroatoms. The number of aliphatic carboxylic acids is 1. The van der Waals surface area contributed by atoms with Gasteiger partial charge in [0.05, 0.1) is 16.5 Å². The highest BCUT2D eigenvalue weighted by atomic mass is 16.6. The van der Waals surface area contributed by atoms with E-state index in [2.05, 4.69) is 5.32 Å². The predicted octanol–water partition coefficient (Wildman–Crippen LogP) is 3.58. The number of nitrogens with zero attached hydrogens (tertiary/aromatic N) is 3. The monoisotopic (exact) mass is 478 g/mol. The summed E-state index contributed by atoms with van der Waals surface area (Å²) in [6.07, 6.45) is 3.54. The molecule has 2 aromatic carbocycles. The SMILES string of the molecule is CC1=C(C(=O)O)C(c2cccc([N+](=O)[O-])c2)N(CCCN(C)C(=O)C=Cc2ccccc2)C(=O)N1. The van der Waals surface area contributed by atoms with Crippen molar-refractivity contribution in [3.63, 3.8) is 0 Å². The summed E-state index contributed by atoms with van der Waals surface area (Å²) < 4.78 is 0. The Bertz CT molecular complexity index is 1190. The topological polar surface area (TPSA) is 133 Å². The zero-order chi connectivity index (χ0) is 25.5. The lowest BCUT2D eigenvalue weighted by Crippen LogP contribution is -2.49. The maximum absolute atomic E-state index is 12.8. The number of nitro groups is 1. The summed E-state index contributed by atoms with van der Waals surface area (Å²) in [6.45, 7) is 1.92. The summed E-state index contributed by atoms with van der Waals surface area (Å²) in [4.78, 5) is 50.8. The number of nitro benzene ring substituents is 1. The van der Waals surface area contributed by atoms with Gasteiger partial charge < -0.3 is 20.2 Å². The highest BCUT2D eigenvalue weighted by molar-refractivity contribution is 5.94. The molecular formula is C25H26N4O6. The number of rotatable bonds is 9. The van der Waals surface area contributed by atoms with Crippen LogP contribution in [0.25, 0.3) is 6.08 Å². The van der Waals surface area contributed by atoms with Crippen LogP contribution < -0.4 is 5.32 Å². The van der Waals surface area contributed by atoms with Crippen LogP contribution in [0.4, 0.5) is 10.5 Å². The Labute approximate surface area is 202 Å². The van der Waals surface area contributed by atoms with Crippen molar-refractivity contribution in [3.05, 3.63) is 93.2 Å². The number of hydrogen-bond donors (Lipinski definition) is 2. The molecule has 0 aromatic heterocycles. The zero-order valence-corrected chi connectivity index (χ0v) is 19.4.